The highest BCUT2D eigenvalue weighted by Crippen LogP contribution is 2.03. The predicted molar refractivity (Wildman–Crippen MR) is 21.8 cm³/mol. The molecule has 0 aromatic carbocycles. The van der Waals surface area contributed by atoms with Gasteiger partial charge in [-0.05, 0) is 13.8 Å². The Balaban J connectivity index is 3.02. The number of hydrogen-bond acceptors (Lipinski definition) is 1. The number of halogens is 1. The lowest BCUT2D eigenvalue weighted by atomic mass is 10.5. The molecule has 0 spiro atoms. The van der Waals surface area contributed by atoms with Crippen molar-refractivity contribution in [3.05, 3.63) is 6.92 Å². The van der Waals surface area contributed by atoms with Gasteiger partial charge in [-0.2, -0.15) is 0 Å². The molecule has 0 aliphatic heterocycles. The van der Waals surface area contributed by atoms with E-state index < -0.39 is 5.06 Å². The molecule has 0 aromatic rings. The van der Waals surface area contributed by atoms with Crippen molar-refractivity contribution in [2.45, 2.75) is 12.0 Å². The molecule has 0 rings (SSSR count). The standard InChI is InChI=1S/C3H6ClO/c1-3(2,4)5/h5H,1H2,2H3. The first kappa shape index (κ1) is 5.25. The Labute approximate surface area is 36.6 Å². The van der Waals surface area contributed by atoms with Crippen LogP contribution in [0.15, 0.2) is 0 Å². The summed E-state index contributed by atoms with van der Waals surface area (Å²) in [4.78, 5) is 0. The lowest BCUT2D eigenvalue weighted by molar-refractivity contribution is 0.198. The second kappa shape index (κ2) is 1.15. The van der Waals surface area contributed by atoms with Crippen molar-refractivity contribution in [1.29, 1.82) is 0 Å². The second-order valence-corrected chi connectivity index (χ2v) is 1.96. The van der Waals surface area contributed by atoms with Crippen LogP contribution in [0, 0.1) is 6.92 Å². The van der Waals surface area contributed by atoms with Gasteiger partial charge in [0.05, 0.1) is 0 Å². The van der Waals surface area contributed by atoms with E-state index in [0.717, 1.165) is 0 Å². The third-order valence-corrected chi connectivity index (χ3v) is 0. The number of aliphatic hydroxyl groups is 1. The zero-order valence-corrected chi connectivity index (χ0v) is 3.79. The highest BCUT2D eigenvalue weighted by atomic mass is 35.5. The molecule has 5 heavy (non-hydrogen) atoms. The van der Waals surface area contributed by atoms with Gasteiger partial charge in [-0.15, -0.1) is 0 Å². The molecule has 0 bridgehead atoms. The van der Waals surface area contributed by atoms with Gasteiger partial charge in [-0.1, -0.05) is 11.6 Å². The topological polar surface area (TPSA) is 20.2 Å². The highest BCUT2D eigenvalue weighted by molar-refractivity contribution is 6.22. The molecule has 1 nitrogen and oxygen atoms in total. The SMILES string of the molecule is [CH2]C(C)(O)Cl. The molecule has 0 aliphatic carbocycles. The molecular weight excluding hydrogens is 87.5 g/mol. The van der Waals surface area contributed by atoms with Crippen LogP contribution < -0.4 is 0 Å². The van der Waals surface area contributed by atoms with Crippen LogP contribution in [0.4, 0.5) is 0 Å². The van der Waals surface area contributed by atoms with Gasteiger partial charge >= 0.3 is 0 Å². The lowest BCUT2D eigenvalue weighted by Gasteiger charge is -2.00. The second-order valence-electron chi connectivity index (χ2n) is 1.14. The summed E-state index contributed by atoms with van der Waals surface area (Å²) in [5.74, 6) is 0. The number of hydrogen-bond donors (Lipinski definition) is 1. The van der Waals surface area contributed by atoms with E-state index in [-0.39, 0.29) is 0 Å². The predicted octanol–water partition coefficient (Wildman–Crippen LogP) is 0.768. The van der Waals surface area contributed by atoms with Crippen molar-refractivity contribution < 1.29 is 5.11 Å². The van der Waals surface area contributed by atoms with Crippen LogP contribution >= 0.6 is 11.6 Å². The summed E-state index contributed by atoms with van der Waals surface area (Å²) in [6.45, 7) is 4.49. The lowest BCUT2D eigenvalue weighted by Crippen LogP contribution is -2.06. The van der Waals surface area contributed by atoms with E-state index in [1.807, 2.05) is 0 Å². The summed E-state index contributed by atoms with van der Waals surface area (Å²) in [6, 6.07) is 0. The minimum Gasteiger partial charge on any atom is -0.375 e. The van der Waals surface area contributed by atoms with Crippen molar-refractivity contribution in [2.75, 3.05) is 0 Å². The Morgan fingerprint density at radius 2 is 2.00 bits per heavy atom. The van der Waals surface area contributed by atoms with Gasteiger partial charge in [-0.25, -0.2) is 0 Å². The van der Waals surface area contributed by atoms with E-state index >= 15 is 0 Å². The maximum absolute atomic E-state index is 8.18. The molecule has 1 atom stereocenters. The molecule has 2 heteroatoms. The summed E-state index contributed by atoms with van der Waals surface area (Å²) in [5.41, 5.74) is 0. The zero-order valence-electron chi connectivity index (χ0n) is 3.03. The molecule has 1 unspecified atom stereocenters. The molecule has 1 radical (unpaired) electrons. The Hall–Kier alpha value is 0.250. The molecule has 0 fully saturated rings. The van der Waals surface area contributed by atoms with Gasteiger partial charge in [0.2, 0.25) is 0 Å². The van der Waals surface area contributed by atoms with E-state index in [4.69, 9.17) is 16.7 Å². The van der Waals surface area contributed by atoms with Crippen LogP contribution in [-0.2, 0) is 0 Å². The maximum Gasteiger partial charge on any atom is 0.136 e. The van der Waals surface area contributed by atoms with E-state index in [0.29, 0.717) is 0 Å². The molecule has 0 aliphatic rings. The van der Waals surface area contributed by atoms with Crippen molar-refractivity contribution in [3.8, 4) is 0 Å². The Bertz CT molecular complexity index is 22.4. The zero-order chi connectivity index (χ0) is 4.50. The molecule has 0 saturated carbocycles. The van der Waals surface area contributed by atoms with Crippen LogP contribution in [-0.4, -0.2) is 10.2 Å². The summed E-state index contributed by atoms with van der Waals surface area (Å²) in [7, 11) is 0. The third-order valence-electron chi connectivity index (χ3n) is 0. The molecule has 1 N–H and O–H groups in total. The summed E-state index contributed by atoms with van der Waals surface area (Å²) >= 11 is 4.97. The van der Waals surface area contributed by atoms with Gasteiger partial charge in [0.1, 0.15) is 5.06 Å². The fourth-order valence-electron chi connectivity index (χ4n) is 0. The van der Waals surface area contributed by atoms with Gasteiger partial charge in [0.15, 0.2) is 0 Å². The van der Waals surface area contributed by atoms with Gasteiger partial charge in [0.25, 0.3) is 0 Å². The minimum absolute atomic E-state index is 1.28. The molecular formula is C3H6ClO. The Morgan fingerprint density at radius 1 is 2.00 bits per heavy atom. The molecule has 0 heterocycles. The maximum atomic E-state index is 8.18. The van der Waals surface area contributed by atoms with E-state index in [9.17, 15) is 0 Å². The first-order valence-corrected chi connectivity index (χ1v) is 1.64. The quantitative estimate of drug-likeness (QED) is 0.439. The monoisotopic (exact) mass is 93.0 g/mol. The fraction of sp³-hybridized carbons (Fsp3) is 0.667. The average Bonchev–Trinajstić information content (AvgIpc) is 0.722. The first-order chi connectivity index (χ1) is 2.00. The normalized spacial score (nSPS) is 12.0. The van der Waals surface area contributed by atoms with Gasteiger partial charge < -0.3 is 5.11 Å². The van der Waals surface area contributed by atoms with Crippen LogP contribution in [0.5, 0.6) is 0 Å². The fourth-order valence-corrected chi connectivity index (χ4v) is 0. The molecule has 31 valence electrons. The van der Waals surface area contributed by atoms with Crippen LogP contribution in [0.2, 0.25) is 0 Å². The smallest absolute Gasteiger partial charge is 0.136 e. The highest BCUT2D eigenvalue weighted by Gasteiger charge is 2.02. The summed E-state index contributed by atoms with van der Waals surface area (Å²) in [6.07, 6.45) is 0. The van der Waals surface area contributed by atoms with Crippen molar-refractivity contribution in [2.24, 2.45) is 0 Å². The van der Waals surface area contributed by atoms with Crippen LogP contribution in [0.3, 0.4) is 0 Å². The van der Waals surface area contributed by atoms with Gasteiger partial charge in [0, 0.05) is 0 Å². The third kappa shape index (κ3) is 344. The first-order valence-electron chi connectivity index (χ1n) is 1.27. The molecule has 0 amide bonds. The molecule has 0 aromatic heterocycles. The van der Waals surface area contributed by atoms with Crippen molar-refractivity contribution >= 4 is 11.6 Å². The van der Waals surface area contributed by atoms with Crippen LogP contribution in [0.1, 0.15) is 6.92 Å². The van der Waals surface area contributed by atoms with Crippen molar-refractivity contribution in [1.82, 2.24) is 0 Å². The Kier molecular flexibility index (Phi) is 1.21. The summed E-state index contributed by atoms with van der Waals surface area (Å²) in [5, 5.41) is 6.90. The average molecular weight is 93.5 g/mol. The molecule has 0 saturated heterocycles. The van der Waals surface area contributed by atoms with E-state index in [1.165, 1.54) is 6.92 Å². The largest absolute Gasteiger partial charge is 0.375 e. The van der Waals surface area contributed by atoms with Crippen LogP contribution in [0.25, 0.3) is 0 Å². The van der Waals surface area contributed by atoms with E-state index in [2.05, 4.69) is 6.92 Å². The Morgan fingerprint density at radius 3 is 2.00 bits per heavy atom. The van der Waals surface area contributed by atoms with Crippen molar-refractivity contribution in [3.63, 3.8) is 0 Å². The summed E-state index contributed by atoms with van der Waals surface area (Å²) < 4.78 is 0. The van der Waals surface area contributed by atoms with Gasteiger partial charge in [-0.3, -0.25) is 0 Å². The van der Waals surface area contributed by atoms with E-state index in [1.54, 1.807) is 0 Å². The number of alkyl halides is 1. The number of rotatable bonds is 0. The minimum atomic E-state index is -1.28.